The summed E-state index contributed by atoms with van der Waals surface area (Å²) in [5.41, 5.74) is 7.49. The molecule has 19 heavy (non-hydrogen) atoms. The number of benzene rings is 1. The number of aryl methyl sites for hydroxylation is 1. The van der Waals surface area contributed by atoms with Gasteiger partial charge < -0.3 is 11.1 Å². The normalized spacial score (nSPS) is 10.2. The van der Waals surface area contributed by atoms with Gasteiger partial charge in [0, 0.05) is 23.3 Å². The molecule has 2 rings (SSSR count). The lowest BCUT2D eigenvalue weighted by atomic mass is 10.1. The molecule has 3 N–H and O–H groups in total. The topological polar surface area (TPSA) is 68.0 Å². The van der Waals surface area contributed by atoms with Gasteiger partial charge in [-0.05, 0) is 30.2 Å². The van der Waals surface area contributed by atoms with Crippen molar-refractivity contribution in [3.8, 4) is 0 Å². The van der Waals surface area contributed by atoms with Gasteiger partial charge in [0.1, 0.15) is 5.82 Å². The van der Waals surface area contributed by atoms with E-state index in [0.29, 0.717) is 29.4 Å². The number of halogens is 1. The van der Waals surface area contributed by atoms with E-state index in [1.807, 2.05) is 24.3 Å². The number of anilines is 2. The van der Waals surface area contributed by atoms with Crippen LogP contribution in [0.15, 0.2) is 42.6 Å². The molecule has 0 unspecified atom stereocenters. The van der Waals surface area contributed by atoms with E-state index in [1.54, 1.807) is 18.3 Å². The van der Waals surface area contributed by atoms with Crippen LogP contribution in [0, 0.1) is 0 Å². The Morgan fingerprint density at radius 3 is 2.84 bits per heavy atom. The molecule has 1 amide bonds. The fraction of sp³-hybridized carbons (Fsp3) is 0.143. The number of pyridine rings is 1. The van der Waals surface area contributed by atoms with Crippen LogP contribution in [0.25, 0.3) is 0 Å². The first-order valence-electron chi connectivity index (χ1n) is 5.90. The summed E-state index contributed by atoms with van der Waals surface area (Å²) in [5, 5.41) is 3.24. The van der Waals surface area contributed by atoms with E-state index in [1.165, 1.54) is 0 Å². The number of rotatable bonds is 4. The number of amides is 1. The average molecular weight is 276 g/mol. The van der Waals surface area contributed by atoms with Crippen LogP contribution >= 0.6 is 11.6 Å². The Balaban J connectivity index is 1.90. The van der Waals surface area contributed by atoms with Gasteiger partial charge in [0.25, 0.3) is 0 Å². The molecule has 0 atom stereocenters. The molecule has 98 valence electrons. The fourth-order valence-electron chi connectivity index (χ4n) is 1.69. The zero-order chi connectivity index (χ0) is 13.7. The predicted octanol–water partition coefficient (Wildman–Crippen LogP) is 2.89. The Hall–Kier alpha value is -2.07. The lowest BCUT2D eigenvalue weighted by molar-refractivity contribution is -0.116. The minimum absolute atomic E-state index is 0.113. The standard InChI is InChI=1S/C14H14ClN3O/c15-11-7-8-17-13(9-11)18-14(19)6-5-10-3-1-2-4-12(10)16/h1-4,7-9H,5-6,16H2,(H,17,18,19). The highest BCUT2D eigenvalue weighted by Gasteiger charge is 2.05. The van der Waals surface area contributed by atoms with Crippen LogP contribution in [0.3, 0.4) is 0 Å². The smallest absolute Gasteiger partial charge is 0.225 e. The Kier molecular flexibility index (Phi) is 4.36. The molecule has 0 fully saturated rings. The van der Waals surface area contributed by atoms with Gasteiger partial charge in [-0.1, -0.05) is 29.8 Å². The molecule has 0 aliphatic rings. The summed E-state index contributed by atoms with van der Waals surface area (Å²) in [6.45, 7) is 0. The fourth-order valence-corrected chi connectivity index (χ4v) is 1.85. The summed E-state index contributed by atoms with van der Waals surface area (Å²) in [7, 11) is 0. The number of para-hydroxylation sites is 1. The molecule has 0 aliphatic carbocycles. The van der Waals surface area contributed by atoms with Gasteiger partial charge in [-0.25, -0.2) is 4.98 Å². The summed E-state index contributed by atoms with van der Waals surface area (Å²) in [5.74, 6) is 0.344. The first-order valence-corrected chi connectivity index (χ1v) is 6.28. The SMILES string of the molecule is Nc1ccccc1CCC(=O)Nc1cc(Cl)ccn1. The molecular weight excluding hydrogens is 262 g/mol. The van der Waals surface area contributed by atoms with Crippen LogP contribution in [0.5, 0.6) is 0 Å². The van der Waals surface area contributed by atoms with Gasteiger partial charge in [0.05, 0.1) is 0 Å². The molecule has 0 saturated heterocycles. The Labute approximate surface area is 116 Å². The van der Waals surface area contributed by atoms with E-state index < -0.39 is 0 Å². The van der Waals surface area contributed by atoms with E-state index in [4.69, 9.17) is 17.3 Å². The highest BCUT2D eigenvalue weighted by molar-refractivity contribution is 6.30. The molecule has 0 radical (unpaired) electrons. The largest absolute Gasteiger partial charge is 0.399 e. The predicted molar refractivity (Wildman–Crippen MR) is 77.1 cm³/mol. The van der Waals surface area contributed by atoms with Gasteiger partial charge in [-0.2, -0.15) is 0 Å². The van der Waals surface area contributed by atoms with Crippen molar-refractivity contribution in [2.24, 2.45) is 0 Å². The summed E-state index contributed by atoms with van der Waals surface area (Å²) < 4.78 is 0. The van der Waals surface area contributed by atoms with E-state index in [0.717, 1.165) is 5.56 Å². The van der Waals surface area contributed by atoms with E-state index in [2.05, 4.69) is 10.3 Å². The van der Waals surface area contributed by atoms with Crippen molar-refractivity contribution < 1.29 is 4.79 Å². The van der Waals surface area contributed by atoms with Crippen molar-refractivity contribution in [1.29, 1.82) is 0 Å². The zero-order valence-electron chi connectivity index (χ0n) is 10.3. The van der Waals surface area contributed by atoms with Crippen molar-refractivity contribution >= 4 is 29.0 Å². The average Bonchev–Trinajstić information content (AvgIpc) is 2.38. The Morgan fingerprint density at radius 1 is 1.32 bits per heavy atom. The Bertz CT molecular complexity index is 586. The molecule has 5 heteroatoms. The maximum absolute atomic E-state index is 11.8. The van der Waals surface area contributed by atoms with Crippen molar-refractivity contribution in [2.45, 2.75) is 12.8 Å². The minimum Gasteiger partial charge on any atom is -0.399 e. The van der Waals surface area contributed by atoms with Gasteiger partial charge in [-0.15, -0.1) is 0 Å². The maximum atomic E-state index is 11.8. The van der Waals surface area contributed by atoms with Crippen LogP contribution in [0.4, 0.5) is 11.5 Å². The number of nitrogen functional groups attached to an aromatic ring is 1. The first kappa shape index (κ1) is 13.4. The molecule has 0 aliphatic heterocycles. The summed E-state index contributed by atoms with van der Waals surface area (Å²) in [6, 6.07) is 10.8. The second-order valence-corrected chi connectivity index (χ2v) is 4.54. The number of nitrogens with one attached hydrogen (secondary N) is 1. The Morgan fingerprint density at radius 2 is 2.11 bits per heavy atom. The number of hydrogen-bond acceptors (Lipinski definition) is 3. The van der Waals surface area contributed by atoms with Crippen LogP contribution in [-0.2, 0) is 11.2 Å². The number of hydrogen-bond donors (Lipinski definition) is 2. The van der Waals surface area contributed by atoms with Crippen LogP contribution in [0.1, 0.15) is 12.0 Å². The lowest BCUT2D eigenvalue weighted by Crippen LogP contribution is -2.13. The lowest BCUT2D eigenvalue weighted by Gasteiger charge is -2.06. The number of carbonyl (C=O) groups is 1. The number of nitrogens with zero attached hydrogens (tertiary/aromatic N) is 1. The third-order valence-corrected chi connectivity index (χ3v) is 2.90. The molecule has 1 heterocycles. The molecule has 2 aromatic rings. The van der Waals surface area contributed by atoms with Crippen molar-refractivity contribution in [3.05, 3.63) is 53.2 Å². The van der Waals surface area contributed by atoms with E-state index in [9.17, 15) is 4.79 Å². The van der Waals surface area contributed by atoms with E-state index in [-0.39, 0.29) is 5.91 Å². The monoisotopic (exact) mass is 275 g/mol. The van der Waals surface area contributed by atoms with Crippen molar-refractivity contribution in [3.63, 3.8) is 0 Å². The van der Waals surface area contributed by atoms with E-state index >= 15 is 0 Å². The van der Waals surface area contributed by atoms with Crippen LogP contribution in [-0.4, -0.2) is 10.9 Å². The highest BCUT2D eigenvalue weighted by Crippen LogP contribution is 2.14. The van der Waals surface area contributed by atoms with Gasteiger partial charge in [0.2, 0.25) is 5.91 Å². The second-order valence-electron chi connectivity index (χ2n) is 4.11. The maximum Gasteiger partial charge on any atom is 0.225 e. The third kappa shape index (κ3) is 3.96. The van der Waals surface area contributed by atoms with Crippen LogP contribution < -0.4 is 11.1 Å². The highest BCUT2D eigenvalue weighted by atomic mass is 35.5. The molecule has 0 spiro atoms. The summed E-state index contributed by atoms with van der Waals surface area (Å²) in [4.78, 5) is 15.8. The van der Waals surface area contributed by atoms with Crippen molar-refractivity contribution in [2.75, 3.05) is 11.1 Å². The molecule has 1 aromatic carbocycles. The molecule has 0 saturated carbocycles. The first-order chi connectivity index (χ1) is 9.15. The van der Waals surface area contributed by atoms with Crippen molar-refractivity contribution in [1.82, 2.24) is 4.98 Å². The molecule has 4 nitrogen and oxygen atoms in total. The summed E-state index contributed by atoms with van der Waals surface area (Å²) >= 11 is 5.81. The van der Waals surface area contributed by atoms with Gasteiger partial charge in [-0.3, -0.25) is 4.79 Å². The molecule has 0 bridgehead atoms. The zero-order valence-corrected chi connectivity index (χ0v) is 11.0. The minimum atomic E-state index is -0.113. The second kappa shape index (κ2) is 6.20. The molecular formula is C14H14ClN3O. The summed E-state index contributed by atoms with van der Waals surface area (Å²) in [6.07, 6.45) is 2.49. The quantitative estimate of drug-likeness (QED) is 0.843. The number of aromatic nitrogens is 1. The van der Waals surface area contributed by atoms with Gasteiger partial charge >= 0.3 is 0 Å². The van der Waals surface area contributed by atoms with Gasteiger partial charge in [0.15, 0.2) is 0 Å². The number of carbonyl (C=O) groups excluding carboxylic acids is 1. The third-order valence-electron chi connectivity index (χ3n) is 2.67. The molecule has 1 aromatic heterocycles. The van der Waals surface area contributed by atoms with Crippen LogP contribution in [0.2, 0.25) is 5.02 Å². The number of nitrogens with two attached hydrogens (primary N) is 1.